The van der Waals surface area contributed by atoms with E-state index in [1.165, 1.54) is 0 Å². The Balaban J connectivity index is 0.00000200. The van der Waals surface area contributed by atoms with Gasteiger partial charge in [0.2, 0.25) is 5.91 Å². The molecule has 1 amide bonds. The van der Waals surface area contributed by atoms with E-state index < -0.39 is 0 Å². The predicted molar refractivity (Wildman–Crippen MR) is 85.7 cm³/mol. The van der Waals surface area contributed by atoms with Gasteiger partial charge in [0.15, 0.2) is 0 Å². The first-order valence-electron chi connectivity index (χ1n) is 6.58. The summed E-state index contributed by atoms with van der Waals surface area (Å²) < 4.78 is 0. The first-order valence-corrected chi connectivity index (χ1v) is 6.96. The van der Waals surface area contributed by atoms with Crippen LogP contribution < -0.4 is 11.1 Å². The highest BCUT2D eigenvalue weighted by atomic mass is 35.5. The van der Waals surface area contributed by atoms with Crippen LogP contribution in [0.15, 0.2) is 18.2 Å². The van der Waals surface area contributed by atoms with Crippen LogP contribution in [0.25, 0.3) is 0 Å². The summed E-state index contributed by atoms with van der Waals surface area (Å²) in [6, 6.07) is 5.79. The summed E-state index contributed by atoms with van der Waals surface area (Å²) in [5.74, 6) is -0.0418. The zero-order valence-electron chi connectivity index (χ0n) is 11.6. The first-order chi connectivity index (χ1) is 9.04. The Morgan fingerprint density at radius 1 is 1.55 bits per heavy atom. The number of halogens is 2. The maximum atomic E-state index is 12.0. The van der Waals surface area contributed by atoms with Gasteiger partial charge < -0.3 is 11.1 Å². The molecule has 0 aliphatic carbocycles. The van der Waals surface area contributed by atoms with Crippen molar-refractivity contribution in [1.29, 1.82) is 0 Å². The van der Waals surface area contributed by atoms with Crippen molar-refractivity contribution in [2.45, 2.75) is 25.8 Å². The highest BCUT2D eigenvalue weighted by molar-refractivity contribution is 6.33. The summed E-state index contributed by atoms with van der Waals surface area (Å²) in [4.78, 5) is 14.1. The van der Waals surface area contributed by atoms with Crippen LogP contribution in [-0.4, -0.2) is 36.5 Å². The average molecular weight is 318 g/mol. The van der Waals surface area contributed by atoms with Gasteiger partial charge in [0.05, 0.1) is 17.3 Å². The molecule has 3 N–H and O–H groups in total. The minimum atomic E-state index is -0.0418. The Kier molecular flexibility index (Phi) is 6.76. The van der Waals surface area contributed by atoms with Crippen LogP contribution in [-0.2, 0) is 4.79 Å². The summed E-state index contributed by atoms with van der Waals surface area (Å²) in [5, 5.41) is 3.42. The fourth-order valence-electron chi connectivity index (χ4n) is 2.35. The topological polar surface area (TPSA) is 58.4 Å². The van der Waals surface area contributed by atoms with E-state index in [1.54, 1.807) is 0 Å². The van der Waals surface area contributed by atoms with E-state index in [0.717, 1.165) is 31.5 Å². The van der Waals surface area contributed by atoms with Crippen molar-refractivity contribution in [1.82, 2.24) is 4.90 Å². The maximum Gasteiger partial charge on any atom is 0.238 e. The van der Waals surface area contributed by atoms with Gasteiger partial charge in [-0.05, 0) is 44.0 Å². The standard InChI is InChI=1S/C14H20ClN3O.ClH/c1-10-4-5-13(12(15)7-10)17-14(19)9-18-6-2-3-11(16)8-18;/h4-5,7,11H,2-3,6,8-9,16H2,1H3,(H,17,19);1H. The summed E-state index contributed by atoms with van der Waals surface area (Å²) >= 11 is 6.09. The molecular weight excluding hydrogens is 297 g/mol. The van der Waals surface area contributed by atoms with Gasteiger partial charge >= 0.3 is 0 Å². The van der Waals surface area contributed by atoms with Crippen LogP contribution in [0.1, 0.15) is 18.4 Å². The number of hydrogen-bond donors (Lipinski definition) is 2. The van der Waals surface area contributed by atoms with E-state index in [4.69, 9.17) is 17.3 Å². The number of aryl methyl sites for hydroxylation is 1. The Hall–Kier alpha value is -0.810. The van der Waals surface area contributed by atoms with E-state index in [2.05, 4.69) is 10.2 Å². The molecule has 0 aromatic heterocycles. The monoisotopic (exact) mass is 317 g/mol. The van der Waals surface area contributed by atoms with Gasteiger partial charge in [0.25, 0.3) is 0 Å². The molecule has 1 fully saturated rings. The van der Waals surface area contributed by atoms with Gasteiger partial charge in [-0.25, -0.2) is 0 Å². The maximum absolute atomic E-state index is 12.0. The molecule has 0 spiro atoms. The van der Waals surface area contributed by atoms with Gasteiger partial charge in [-0.2, -0.15) is 0 Å². The largest absolute Gasteiger partial charge is 0.327 e. The number of nitrogens with two attached hydrogens (primary N) is 1. The van der Waals surface area contributed by atoms with Crippen molar-refractivity contribution >= 4 is 35.6 Å². The SMILES string of the molecule is Cc1ccc(NC(=O)CN2CCCC(N)C2)c(Cl)c1.Cl. The minimum absolute atomic E-state index is 0. The molecule has 0 saturated carbocycles. The van der Waals surface area contributed by atoms with Crippen LogP contribution in [0.2, 0.25) is 5.02 Å². The van der Waals surface area contributed by atoms with E-state index in [-0.39, 0.29) is 24.4 Å². The third-order valence-corrected chi connectivity index (χ3v) is 3.62. The molecule has 1 saturated heterocycles. The number of carbonyl (C=O) groups excluding carboxylic acids is 1. The highest BCUT2D eigenvalue weighted by Gasteiger charge is 2.19. The molecule has 1 heterocycles. The number of carbonyl (C=O) groups is 1. The molecule has 1 unspecified atom stereocenters. The van der Waals surface area contributed by atoms with Gasteiger partial charge in [-0.15, -0.1) is 12.4 Å². The van der Waals surface area contributed by atoms with Gasteiger partial charge in [0.1, 0.15) is 0 Å². The summed E-state index contributed by atoms with van der Waals surface area (Å²) in [6.07, 6.45) is 2.10. The van der Waals surface area contributed by atoms with Crippen molar-refractivity contribution in [3.63, 3.8) is 0 Å². The van der Waals surface area contributed by atoms with Crippen LogP contribution in [0.3, 0.4) is 0 Å². The molecule has 4 nitrogen and oxygen atoms in total. The van der Waals surface area contributed by atoms with Crippen molar-refractivity contribution in [3.05, 3.63) is 28.8 Å². The van der Waals surface area contributed by atoms with E-state index in [1.807, 2.05) is 25.1 Å². The van der Waals surface area contributed by atoms with Crippen LogP contribution >= 0.6 is 24.0 Å². The van der Waals surface area contributed by atoms with Crippen molar-refractivity contribution in [2.75, 3.05) is 25.0 Å². The highest BCUT2D eigenvalue weighted by Crippen LogP contribution is 2.22. The predicted octanol–water partition coefficient (Wildman–Crippen LogP) is 2.43. The number of nitrogens with one attached hydrogen (secondary N) is 1. The Bertz CT molecular complexity index is 468. The average Bonchev–Trinajstić information content (AvgIpc) is 2.33. The molecule has 1 aliphatic heterocycles. The number of anilines is 1. The molecule has 0 bridgehead atoms. The number of benzene rings is 1. The molecular formula is C14H21Cl2N3O. The van der Waals surface area contributed by atoms with E-state index in [0.29, 0.717) is 17.3 Å². The van der Waals surface area contributed by atoms with Gasteiger partial charge in [-0.3, -0.25) is 9.69 Å². The minimum Gasteiger partial charge on any atom is -0.327 e. The number of nitrogens with zero attached hydrogens (tertiary/aromatic N) is 1. The molecule has 1 aliphatic rings. The molecule has 2 rings (SSSR count). The molecule has 112 valence electrons. The Morgan fingerprint density at radius 2 is 2.30 bits per heavy atom. The van der Waals surface area contributed by atoms with Crippen LogP contribution in [0, 0.1) is 6.92 Å². The summed E-state index contributed by atoms with van der Waals surface area (Å²) in [6.45, 7) is 4.06. The number of piperidine rings is 1. The zero-order chi connectivity index (χ0) is 13.8. The molecule has 1 aromatic rings. The van der Waals surface area contributed by atoms with Crippen molar-refractivity contribution in [3.8, 4) is 0 Å². The number of hydrogen-bond acceptors (Lipinski definition) is 3. The number of amides is 1. The van der Waals surface area contributed by atoms with E-state index in [9.17, 15) is 4.79 Å². The van der Waals surface area contributed by atoms with Gasteiger partial charge in [-0.1, -0.05) is 17.7 Å². The Labute approximate surface area is 131 Å². The second-order valence-corrected chi connectivity index (χ2v) is 5.58. The van der Waals surface area contributed by atoms with Gasteiger partial charge in [0, 0.05) is 12.6 Å². The number of likely N-dealkylation sites (tertiary alicyclic amines) is 1. The quantitative estimate of drug-likeness (QED) is 0.900. The lowest BCUT2D eigenvalue weighted by molar-refractivity contribution is -0.117. The molecule has 0 radical (unpaired) electrons. The normalized spacial score (nSPS) is 19.2. The molecule has 20 heavy (non-hydrogen) atoms. The fraction of sp³-hybridized carbons (Fsp3) is 0.500. The summed E-state index contributed by atoms with van der Waals surface area (Å²) in [7, 11) is 0. The fourth-order valence-corrected chi connectivity index (χ4v) is 2.63. The van der Waals surface area contributed by atoms with Crippen molar-refractivity contribution < 1.29 is 4.79 Å². The molecule has 6 heteroatoms. The summed E-state index contributed by atoms with van der Waals surface area (Å²) in [5.41, 5.74) is 7.64. The Morgan fingerprint density at radius 3 is 2.95 bits per heavy atom. The lowest BCUT2D eigenvalue weighted by Gasteiger charge is -2.29. The third kappa shape index (κ3) is 4.94. The zero-order valence-corrected chi connectivity index (χ0v) is 13.1. The lowest BCUT2D eigenvalue weighted by atomic mass is 10.1. The molecule has 1 atom stereocenters. The first kappa shape index (κ1) is 17.2. The third-order valence-electron chi connectivity index (χ3n) is 3.31. The molecule has 1 aromatic carbocycles. The second kappa shape index (κ2) is 7.84. The van der Waals surface area contributed by atoms with Crippen molar-refractivity contribution in [2.24, 2.45) is 5.73 Å². The van der Waals surface area contributed by atoms with Crippen LogP contribution in [0.4, 0.5) is 5.69 Å². The van der Waals surface area contributed by atoms with E-state index >= 15 is 0 Å². The second-order valence-electron chi connectivity index (χ2n) is 5.17. The van der Waals surface area contributed by atoms with Crippen LogP contribution in [0.5, 0.6) is 0 Å². The lowest BCUT2D eigenvalue weighted by Crippen LogP contribution is -2.45. The number of rotatable bonds is 3. The smallest absolute Gasteiger partial charge is 0.238 e.